The molecule has 1 aromatic carbocycles. The van der Waals surface area contributed by atoms with Gasteiger partial charge in [0.1, 0.15) is 10.9 Å². The van der Waals surface area contributed by atoms with Gasteiger partial charge in [-0.25, -0.2) is 14.9 Å². The molecule has 0 saturated heterocycles. The van der Waals surface area contributed by atoms with Crippen LogP contribution in [0.5, 0.6) is 0 Å². The Labute approximate surface area is 152 Å². The van der Waals surface area contributed by atoms with Crippen LogP contribution in [0.2, 0.25) is 0 Å². The zero-order valence-electron chi connectivity index (χ0n) is 14.5. The fraction of sp³-hybridized carbons (Fsp3) is 0.278. The Balaban J connectivity index is 1.87. The van der Waals surface area contributed by atoms with Gasteiger partial charge in [0, 0.05) is 32.0 Å². The first-order valence-electron chi connectivity index (χ1n) is 8.35. The van der Waals surface area contributed by atoms with Gasteiger partial charge in [0.25, 0.3) is 5.56 Å². The number of H-pyrrole nitrogens is 2. The number of benzene rings is 1. The van der Waals surface area contributed by atoms with Crippen LogP contribution in [0.15, 0.2) is 39.9 Å². The minimum atomic E-state index is -0.166. The molecule has 0 unspecified atom stereocenters. The molecule has 0 aliphatic rings. The number of nitrogens with one attached hydrogen (secondary N) is 2. The highest BCUT2D eigenvalue weighted by atomic mass is 32.1. The molecule has 26 heavy (non-hydrogen) atoms. The number of aromatic nitrogens is 4. The molecule has 7 nitrogen and oxygen atoms in total. The molecule has 8 heteroatoms. The van der Waals surface area contributed by atoms with E-state index >= 15 is 0 Å². The largest absolute Gasteiger partial charge is 0.385 e. The lowest BCUT2D eigenvalue weighted by molar-refractivity contribution is -0.334. The lowest BCUT2D eigenvalue weighted by Crippen LogP contribution is -2.24. The second kappa shape index (κ2) is 6.54. The Kier molecular flexibility index (Phi) is 4.21. The number of aromatic amines is 2. The van der Waals surface area contributed by atoms with Crippen LogP contribution in [-0.4, -0.2) is 28.1 Å². The second-order valence-electron chi connectivity index (χ2n) is 6.14. The average molecular weight is 371 g/mol. The van der Waals surface area contributed by atoms with E-state index in [1.807, 2.05) is 31.2 Å². The van der Waals surface area contributed by atoms with Gasteiger partial charge >= 0.3 is 10.7 Å². The Hall–Kier alpha value is -2.71. The quantitative estimate of drug-likeness (QED) is 0.544. The summed E-state index contributed by atoms with van der Waals surface area (Å²) in [5.74, 6) is 0. The summed E-state index contributed by atoms with van der Waals surface area (Å²) in [6.45, 7) is 2.90. The highest BCUT2D eigenvalue weighted by Crippen LogP contribution is 2.20. The molecule has 4 aromatic rings. The molecule has 0 atom stereocenters. The van der Waals surface area contributed by atoms with Gasteiger partial charge < -0.3 is 9.30 Å². The molecular weight excluding hydrogens is 352 g/mol. The van der Waals surface area contributed by atoms with Crippen LogP contribution in [0.1, 0.15) is 12.1 Å². The molecule has 0 spiro atoms. The molecule has 2 N–H and O–H groups in total. The molecule has 134 valence electrons. The van der Waals surface area contributed by atoms with Crippen LogP contribution >= 0.6 is 11.3 Å². The van der Waals surface area contributed by atoms with Crippen molar-refractivity contribution in [1.82, 2.24) is 14.3 Å². The van der Waals surface area contributed by atoms with E-state index in [2.05, 4.69) is 10.1 Å². The van der Waals surface area contributed by atoms with Gasteiger partial charge in [0.2, 0.25) is 0 Å². The Morgan fingerprint density at radius 2 is 2.08 bits per heavy atom. The van der Waals surface area contributed by atoms with E-state index in [4.69, 9.17) is 4.74 Å². The lowest BCUT2D eigenvalue weighted by Gasteiger charge is -2.08. The van der Waals surface area contributed by atoms with Crippen molar-refractivity contribution in [3.63, 3.8) is 0 Å². The highest BCUT2D eigenvalue weighted by Gasteiger charge is 2.22. The number of thiazole rings is 1. The lowest BCUT2D eigenvalue weighted by atomic mass is 10.2. The molecule has 3 heterocycles. The molecule has 0 saturated carbocycles. The van der Waals surface area contributed by atoms with Gasteiger partial charge in [0.05, 0.1) is 10.2 Å². The first-order valence-corrected chi connectivity index (χ1v) is 9.17. The number of pyridine rings is 1. The molecule has 0 radical (unpaired) electrons. The summed E-state index contributed by atoms with van der Waals surface area (Å²) < 4.78 is 9.22. The molecule has 0 fully saturated rings. The van der Waals surface area contributed by atoms with Gasteiger partial charge in [-0.2, -0.15) is 0 Å². The van der Waals surface area contributed by atoms with Gasteiger partial charge in [0.15, 0.2) is 0 Å². The summed E-state index contributed by atoms with van der Waals surface area (Å²) in [5.41, 5.74) is 1.89. The predicted molar refractivity (Wildman–Crippen MR) is 101 cm³/mol. The maximum absolute atomic E-state index is 13.0. The van der Waals surface area contributed by atoms with Crippen LogP contribution in [0.4, 0.5) is 0 Å². The number of aryl methyl sites for hydroxylation is 1. The minimum Gasteiger partial charge on any atom is -0.385 e. The monoisotopic (exact) mass is 371 g/mol. The normalized spacial score (nSPS) is 11.6. The van der Waals surface area contributed by atoms with E-state index < -0.39 is 0 Å². The molecule has 0 amide bonds. The summed E-state index contributed by atoms with van der Waals surface area (Å²) in [6, 6.07) is 9.36. The maximum atomic E-state index is 13.0. The number of rotatable bonds is 5. The molecule has 3 aromatic heterocycles. The van der Waals surface area contributed by atoms with Crippen molar-refractivity contribution < 1.29 is 9.72 Å². The minimum absolute atomic E-state index is 0.125. The third-order valence-corrected chi connectivity index (χ3v) is 5.54. The van der Waals surface area contributed by atoms with Crippen LogP contribution in [0, 0.1) is 6.92 Å². The van der Waals surface area contributed by atoms with E-state index in [1.165, 1.54) is 22.1 Å². The van der Waals surface area contributed by atoms with Gasteiger partial charge in [-0.1, -0.05) is 16.8 Å². The molecule has 0 aliphatic carbocycles. The van der Waals surface area contributed by atoms with Crippen molar-refractivity contribution in [3.8, 4) is 5.13 Å². The summed E-state index contributed by atoms with van der Waals surface area (Å²) in [6.07, 6.45) is 0.714. The van der Waals surface area contributed by atoms with E-state index in [1.54, 1.807) is 11.7 Å². The standard InChI is InChI=1S/C18H18N4O3S/c1-11-16-13(10-15(23)21(11)8-5-9-25-2)20-22(17(16)24)18-19-12-6-3-4-7-14(12)26-18/h3-4,6-7,10,20H,5,8-9H2,1-2H3/p+1. The number of nitrogens with zero attached hydrogens (tertiary/aromatic N) is 2. The number of hydrogen-bond acceptors (Lipinski definition) is 4. The average Bonchev–Trinajstić information content (AvgIpc) is 3.18. The third-order valence-electron chi connectivity index (χ3n) is 4.49. The Morgan fingerprint density at radius 3 is 2.85 bits per heavy atom. The van der Waals surface area contributed by atoms with Gasteiger partial charge in [-0.05, 0) is 36.8 Å². The molecule has 0 aliphatic heterocycles. The maximum Gasteiger partial charge on any atom is 0.369 e. The first kappa shape index (κ1) is 16.7. The number of ether oxygens (including phenoxy) is 1. The van der Waals surface area contributed by atoms with Crippen molar-refractivity contribution >= 4 is 32.5 Å². The zero-order chi connectivity index (χ0) is 18.3. The summed E-state index contributed by atoms with van der Waals surface area (Å²) in [5, 5.41) is 4.28. The third kappa shape index (κ3) is 2.67. The van der Waals surface area contributed by atoms with Crippen molar-refractivity contribution in [2.75, 3.05) is 13.7 Å². The summed E-state index contributed by atoms with van der Waals surface area (Å²) in [7, 11) is 1.63. The topological polar surface area (TPSA) is 83.2 Å². The van der Waals surface area contributed by atoms with E-state index in [9.17, 15) is 9.59 Å². The smallest absolute Gasteiger partial charge is 0.369 e. The fourth-order valence-electron chi connectivity index (χ4n) is 3.20. The van der Waals surface area contributed by atoms with Crippen LogP contribution in [0.3, 0.4) is 0 Å². The zero-order valence-corrected chi connectivity index (χ0v) is 15.4. The van der Waals surface area contributed by atoms with Crippen LogP contribution in [0.25, 0.3) is 26.3 Å². The van der Waals surface area contributed by atoms with Crippen molar-refractivity contribution in [2.45, 2.75) is 19.9 Å². The van der Waals surface area contributed by atoms with E-state index in [0.29, 0.717) is 41.3 Å². The first-order chi connectivity index (χ1) is 12.6. The number of fused-ring (bicyclic) bond motifs is 2. The molecular formula is C18H19N4O3S+. The molecule has 0 bridgehead atoms. The van der Waals surface area contributed by atoms with E-state index in [-0.39, 0.29) is 11.1 Å². The predicted octanol–water partition coefficient (Wildman–Crippen LogP) is 1.85. The second-order valence-corrected chi connectivity index (χ2v) is 7.17. The van der Waals surface area contributed by atoms with Gasteiger partial charge in [-0.15, -0.1) is 0 Å². The Bertz CT molecular complexity index is 1180. The number of para-hydroxylation sites is 1. The number of hydrogen-bond donors (Lipinski definition) is 1. The summed E-state index contributed by atoms with van der Waals surface area (Å²) in [4.78, 5) is 28.7. The van der Waals surface area contributed by atoms with Crippen molar-refractivity contribution in [2.24, 2.45) is 0 Å². The highest BCUT2D eigenvalue weighted by molar-refractivity contribution is 7.20. The van der Waals surface area contributed by atoms with E-state index in [0.717, 1.165) is 10.2 Å². The summed E-state index contributed by atoms with van der Waals surface area (Å²) >= 11 is 1.49. The van der Waals surface area contributed by atoms with Crippen molar-refractivity contribution in [3.05, 3.63) is 56.7 Å². The Morgan fingerprint density at radius 1 is 1.27 bits per heavy atom. The van der Waals surface area contributed by atoms with Crippen LogP contribution in [-0.2, 0) is 11.3 Å². The SMILES string of the molecule is COCCCn1c(C)c2c(=O)n(-c3[nH+]c4ccccc4s3)[nH]c2cc1=O. The fourth-order valence-corrected chi connectivity index (χ4v) is 4.17. The van der Waals surface area contributed by atoms with Crippen LogP contribution < -0.4 is 16.1 Å². The molecule has 4 rings (SSSR count). The number of methoxy groups -OCH3 is 1. The van der Waals surface area contributed by atoms with Gasteiger partial charge in [-0.3, -0.25) is 4.79 Å². The van der Waals surface area contributed by atoms with Crippen molar-refractivity contribution in [1.29, 1.82) is 0 Å².